The van der Waals surface area contributed by atoms with E-state index >= 15 is 0 Å². The predicted octanol–water partition coefficient (Wildman–Crippen LogP) is 1.17. The molecule has 0 aliphatic carbocycles. The molecule has 0 aromatic rings. The van der Waals surface area contributed by atoms with Gasteiger partial charge in [-0.05, 0) is 27.2 Å². The number of carbonyl (C=O) groups is 2. The van der Waals surface area contributed by atoms with Crippen molar-refractivity contribution in [2.24, 2.45) is 0 Å². The average molecular weight is 231 g/mol. The number of amides is 1. The third kappa shape index (κ3) is 3.48. The van der Waals surface area contributed by atoms with E-state index in [0.717, 1.165) is 0 Å². The number of carbonyl (C=O) groups excluding carboxylic acids is 1. The molecule has 94 valence electrons. The molecule has 0 bridgehead atoms. The summed E-state index contributed by atoms with van der Waals surface area (Å²) in [6.07, 6.45) is 1.06. The number of hydrogen-bond donors (Lipinski definition) is 2. The highest BCUT2D eigenvalue weighted by atomic mass is 16.5. The van der Waals surface area contributed by atoms with Crippen molar-refractivity contribution in [3.05, 3.63) is 0 Å². The number of carboxylic acid groups (broad SMARTS) is 1. The molecule has 0 saturated carbocycles. The second-order valence-electron chi connectivity index (χ2n) is 4.56. The highest BCUT2D eigenvalue weighted by Gasteiger charge is 2.38. The van der Waals surface area contributed by atoms with Crippen LogP contribution in [0, 0.1) is 0 Å². The minimum Gasteiger partial charge on any atom is -0.480 e. The van der Waals surface area contributed by atoms with Crippen LogP contribution in [0.1, 0.15) is 40.5 Å². The molecule has 0 fully saturated rings. The van der Waals surface area contributed by atoms with Crippen LogP contribution in [0.3, 0.4) is 0 Å². The SMILES string of the molecule is CCCC(C)(NC(=O)C(C)(C)OC)C(=O)O. The third-order valence-electron chi connectivity index (χ3n) is 2.67. The first kappa shape index (κ1) is 14.9. The van der Waals surface area contributed by atoms with Gasteiger partial charge in [-0.3, -0.25) is 4.79 Å². The summed E-state index contributed by atoms with van der Waals surface area (Å²) in [7, 11) is 1.41. The smallest absolute Gasteiger partial charge is 0.329 e. The fourth-order valence-corrected chi connectivity index (χ4v) is 1.22. The molecule has 0 radical (unpaired) electrons. The van der Waals surface area contributed by atoms with Crippen molar-refractivity contribution in [1.29, 1.82) is 0 Å². The Labute approximate surface area is 96.2 Å². The van der Waals surface area contributed by atoms with Gasteiger partial charge in [0, 0.05) is 7.11 Å². The molecule has 1 unspecified atom stereocenters. The average Bonchev–Trinajstić information content (AvgIpc) is 2.17. The molecular formula is C11H21NO4. The van der Waals surface area contributed by atoms with Crippen LogP contribution in [0.2, 0.25) is 0 Å². The Morgan fingerprint density at radius 3 is 2.12 bits per heavy atom. The first-order valence-corrected chi connectivity index (χ1v) is 5.30. The number of nitrogens with one attached hydrogen (secondary N) is 1. The zero-order valence-electron chi connectivity index (χ0n) is 10.6. The predicted molar refractivity (Wildman–Crippen MR) is 60.2 cm³/mol. The summed E-state index contributed by atoms with van der Waals surface area (Å²) in [4.78, 5) is 22.9. The Morgan fingerprint density at radius 2 is 1.81 bits per heavy atom. The number of ether oxygens (including phenoxy) is 1. The quantitative estimate of drug-likeness (QED) is 0.719. The summed E-state index contributed by atoms with van der Waals surface area (Å²) >= 11 is 0. The van der Waals surface area contributed by atoms with E-state index in [1.54, 1.807) is 13.8 Å². The monoisotopic (exact) mass is 231 g/mol. The first-order chi connectivity index (χ1) is 7.19. The van der Waals surface area contributed by atoms with Crippen LogP contribution in [-0.2, 0) is 14.3 Å². The van der Waals surface area contributed by atoms with Crippen molar-refractivity contribution in [1.82, 2.24) is 5.32 Å². The second-order valence-corrected chi connectivity index (χ2v) is 4.56. The maximum atomic E-state index is 11.8. The lowest BCUT2D eigenvalue weighted by Crippen LogP contribution is -2.57. The van der Waals surface area contributed by atoms with Gasteiger partial charge in [0.15, 0.2) is 0 Å². The van der Waals surface area contributed by atoms with Crippen molar-refractivity contribution >= 4 is 11.9 Å². The van der Waals surface area contributed by atoms with Crippen LogP contribution in [0.4, 0.5) is 0 Å². The van der Waals surface area contributed by atoms with E-state index in [-0.39, 0.29) is 0 Å². The molecule has 0 rings (SSSR count). The molecule has 2 N–H and O–H groups in total. The van der Waals surface area contributed by atoms with Crippen molar-refractivity contribution in [3.8, 4) is 0 Å². The summed E-state index contributed by atoms with van der Waals surface area (Å²) in [5.74, 6) is -1.46. The number of hydrogen-bond acceptors (Lipinski definition) is 3. The van der Waals surface area contributed by atoms with E-state index in [9.17, 15) is 9.59 Å². The van der Waals surface area contributed by atoms with Gasteiger partial charge in [0.1, 0.15) is 11.1 Å². The van der Waals surface area contributed by atoms with Crippen molar-refractivity contribution < 1.29 is 19.4 Å². The summed E-state index contributed by atoms with van der Waals surface area (Å²) < 4.78 is 5.00. The number of aliphatic carboxylic acids is 1. The van der Waals surface area contributed by atoms with E-state index in [0.29, 0.717) is 12.8 Å². The lowest BCUT2D eigenvalue weighted by molar-refractivity contribution is -0.152. The molecule has 0 aliphatic heterocycles. The first-order valence-electron chi connectivity index (χ1n) is 5.30. The van der Waals surface area contributed by atoms with E-state index in [2.05, 4.69) is 5.32 Å². The van der Waals surface area contributed by atoms with Crippen LogP contribution < -0.4 is 5.32 Å². The van der Waals surface area contributed by atoms with Gasteiger partial charge in [-0.2, -0.15) is 0 Å². The highest BCUT2D eigenvalue weighted by molar-refractivity contribution is 5.90. The molecular weight excluding hydrogens is 210 g/mol. The van der Waals surface area contributed by atoms with Gasteiger partial charge < -0.3 is 15.2 Å². The number of methoxy groups -OCH3 is 1. The maximum absolute atomic E-state index is 11.8. The largest absolute Gasteiger partial charge is 0.480 e. The summed E-state index contributed by atoms with van der Waals surface area (Å²) in [5, 5.41) is 11.6. The Hall–Kier alpha value is -1.10. The van der Waals surface area contributed by atoms with Crippen LogP contribution in [0.25, 0.3) is 0 Å². The summed E-state index contributed by atoms with van der Waals surface area (Å²) in [6, 6.07) is 0. The van der Waals surface area contributed by atoms with E-state index in [1.807, 2.05) is 6.92 Å². The summed E-state index contributed by atoms with van der Waals surface area (Å²) in [6.45, 7) is 6.56. The zero-order valence-corrected chi connectivity index (χ0v) is 10.6. The zero-order chi connectivity index (χ0) is 13.0. The van der Waals surface area contributed by atoms with Gasteiger partial charge in [-0.25, -0.2) is 4.79 Å². The molecule has 0 aromatic carbocycles. The Kier molecular flexibility index (Phi) is 4.93. The van der Waals surface area contributed by atoms with E-state index < -0.39 is 23.0 Å². The maximum Gasteiger partial charge on any atom is 0.329 e. The molecule has 0 aromatic heterocycles. The highest BCUT2D eigenvalue weighted by Crippen LogP contribution is 2.16. The van der Waals surface area contributed by atoms with Gasteiger partial charge in [0.25, 0.3) is 5.91 Å². The van der Waals surface area contributed by atoms with Crippen molar-refractivity contribution in [2.75, 3.05) is 7.11 Å². The van der Waals surface area contributed by atoms with Gasteiger partial charge >= 0.3 is 5.97 Å². The summed E-state index contributed by atoms with van der Waals surface area (Å²) in [5.41, 5.74) is -2.26. The third-order valence-corrected chi connectivity index (χ3v) is 2.67. The topological polar surface area (TPSA) is 75.6 Å². The molecule has 5 heteroatoms. The lowest BCUT2D eigenvalue weighted by atomic mass is 9.94. The second kappa shape index (κ2) is 5.30. The molecule has 16 heavy (non-hydrogen) atoms. The fourth-order valence-electron chi connectivity index (χ4n) is 1.22. The van der Waals surface area contributed by atoms with Crippen LogP contribution in [-0.4, -0.2) is 35.2 Å². The molecule has 0 spiro atoms. The van der Waals surface area contributed by atoms with Crippen LogP contribution >= 0.6 is 0 Å². The molecule has 0 saturated heterocycles. The minimum absolute atomic E-state index is 0.383. The van der Waals surface area contributed by atoms with Crippen molar-refractivity contribution in [3.63, 3.8) is 0 Å². The molecule has 1 amide bonds. The molecule has 0 heterocycles. The number of rotatable bonds is 6. The Balaban J connectivity index is 4.78. The lowest BCUT2D eigenvalue weighted by Gasteiger charge is -2.30. The van der Waals surface area contributed by atoms with Gasteiger partial charge in [-0.15, -0.1) is 0 Å². The van der Waals surface area contributed by atoms with Crippen LogP contribution in [0.5, 0.6) is 0 Å². The van der Waals surface area contributed by atoms with Gasteiger partial charge in [0.2, 0.25) is 0 Å². The van der Waals surface area contributed by atoms with Gasteiger partial charge in [-0.1, -0.05) is 13.3 Å². The van der Waals surface area contributed by atoms with E-state index in [4.69, 9.17) is 9.84 Å². The molecule has 0 aliphatic rings. The van der Waals surface area contributed by atoms with Gasteiger partial charge in [0.05, 0.1) is 0 Å². The molecule has 1 atom stereocenters. The fraction of sp³-hybridized carbons (Fsp3) is 0.818. The van der Waals surface area contributed by atoms with E-state index in [1.165, 1.54) is 14.0 Å². The number of carboxylic acids is 1. The van der Waals surface area contributed by atoms with Crippen LogP contribution in [0.15, 0.2) is 0 Å². The Morgan fingerprint density at radius 1 is 1.31 bits per heavy atom. The Bertz CT molecular complexity index is 275. The standard InChI is InChI=1S/C11H21NO4/c1-6-7-11(4,9(14)15)12-8(13)10(2,3)16-5/h6-7H2,1-5H3,(H,12,13)(H,14,15). The normalized spacial score (nSPS) is 15.3. The minimum atomic E-state index is -1.23. The van der Waals surface area contributed by atoms with Crippen molar-refractivity contribution in [2.45, 2.75) is 51.7 Å². The molecule has 5 nitrogen and oxygen atoms in total.